The van der Waals surface area contributed by atoms with Gasteiger partial charge in [-0.15, -0.1) is 0 Å². The predicted molar refractivity (Wildman–Crippen MR) is 83.2 cm³/mol. The van der Waals surface area contributed by atoms with Crippen LogP contribution in [0.2, 0.25) is 0 Å². The van der Waals surface area contributed by atoms with Gasteiger partial charge >= 0.3 is 0 Å². The van der Waals surface area contributed by atoms with Crippen LogP contribution in [0.5, 0.6) is 0 Å². The highest BCUT2D eigenvalue weighted by Crippen LogP contribution is 2.17. The predicted octanol–water partition coefficient (Wildman–Crippen LogP) is 2.80. The summed E-state index contributed by atoms with van der Waals surface area (Å²) in [4.78, 5) is 12.7. The second kappa shape index (κ2) is 7.10. The van der Waals surface area contributed by atoms with Crippen LogP contribution in [-0.4, -0.2) is 14.3 Å². The summed E-state index contributed by atoms with van der Waals surface area (Å²) in [5.41, 5.74) is 0. The van der Waals surface area contributed by atoms with E-state index in [1.54, 1.807) is 23.6 Å². The molecule has 0 bridgehead atoms. The topological polar surface area (TPSA) is 63.2 Å². The lowest BCUT2D eigenvalue weighted by molar-refractivity contribution is -0.114. The van der Waals surface area contributed by atoms with Gasteiger partial charge < -0.3 is 0 Å². The first-order chi connectivity index (χ1) is 10.1. The minimum atomic E-state index is -3.81. The molecule has 2 aromatic carbocycles. The maximum atomic E-state index is 11.9. The molecule has 2 rings (SSSR count). The molecule has 0 saturated heterocycles. The zero-order valence-corrected chi connectivity index (χ0v) is 12.6. The van der Waals surface area contributed by atoms with Crippen molar-refractivity contribution >= 4 is 27.7 Å². The standard InChI is InChI=1S/C15H13NO3S2/c17-15(11-12-20-13-7-3-1-4-8-13)16-21(18,19)14-9-5-2-6-10-14/h1-12H,(H,16,17). The third-order valence-corrected chi connectivity index (χ3v) is 4.63. The Morgan fingerprint density at radius 1 is 0.952 bits per heavy atom. The van der Waals surface area contributed by atoms with Gasteiger partial charge in [-0.1, -0.05) is 48.2 Å². The zero-order chi connectivity index (χ0) is 15.1. The van der Waals surface area contributed by atoms with Crippen LogP contribution in [0.1, 0.15) is 0 Å². The molecule has 21 heavy (non-hydrogen) atoms. The van der Waals surface area contributed by atoms with Gasteiger partial charge in [-0.05, 0) is 29.7 Å². The second-order valence-corrected chi connectivity index (χ2v) is 6.68. The molecule has 1 amide bonds. The lowest BCUT2D eigenvalue weighted by atomic mass is 10.4. The average molecular weight is 319 g/mol. The van der Waals surface area contributed by atoms with Crippen LogP contribution in [0.4, 0.5) is 0 Å². The first kappa shape index (κ1) is 15.3. The van der Waals surface area contributed by atoms with Gasteiger partial charge in [0.1, 0.15) is 0 Å². The van der Waals surface area contributed by atoms with E-state index in [9.17, 15) is 13.2 Å². The van der Waals surface area contributed by atoms with Crippen molar-refractivity contribution < 1.29 is 13.2 Å². The van der Waals surface area contributed by atoms with E-state index in [0.29, 0.717) is 0 Å². The normalized spacial score (nSPS) is 11.4. The molecule has 0 saturated carbocycles. The van der Waals surface area contributed by atoms with Crippen LogP contribution in [0.25, 0.3) is 0 Å². The minimum Gasteiger partial charge on any atom is -0.269 e. The fourth-order valence-electron chi connectivity index (χ4n) is 1.50. The molecule has 1 N–H and O–H groups in total. The van der Waals surface area contributed by atoms with Crippen molar-refractivity contribution in [2.45, 2.75) is 9.79 Å². The summed E-state index contributed by atoms with van der Waals surface area (Å²) in [6, 6.07) is 17.2. The van der Waals surface area contributed by atoms with E-state index in [4.69, 9.17) is 0 Å². The van der Waals surface area contributed by atoms with Gasteiger partial charge in [0.25, 0.3) is 15.9 Å². The van der Waals surface area contributed by atoms with E-state index < -0.39 is 15.9 Å². The van der Waals surface area contributed by atoms with E-state index in [2.05, 4.69) is 0 Å². The van der Waals surface area contributed by atoms with Crippen LogP contribution in [0.15, 0.2) is 81.9 Å². The molecule has 0 aliphatic rings. The zero-order valence-electron chi connectivity index (χ0n) is 11.0. The van der Waals surface area contributed by atoms with E-state index in [0.717, 1.165) is 4.90 Å². The molecular formula is C15H13NO3S2. The number of amides is 1. The number of rotatable bonds is 5. The Labute approximate surface area is 127 Å². The highest BCUT2D eigenvalue weighted by molar-refractivity contribution is 8.02. The number of thioether (sulfide) groups is 1. The number of carbonyl (C=O) groups is 1. The van der Waals surface area contributed by atoms with Gasteiger partial charge in [0, 0.05) is 11.0 Å². The van der Waals surface area contributed by atoms with E-state index in [1.165, 1.54) is 30.0 Å². The van der Waals surface area contributed by atoms with Crippen LogP contribution in [0, 0.1) is 0 Å². The number of hydrogen-bond acceptors (Lipinski definition) is 4. The number of sulfonamides is 1. The average Bonchev–Trinajstić information content (AvgIpc) is 2.49. The Morgan fingerprint density at radius 2 is 1.52 bits per heavy atom. The molecule has 0 spiro atoms. The molecule has 0 aliphatic heterocycles. The highest BCUT2D eigenvalue weighted by Gasteiger charge is 2.15. The molecule has 4 nitrogen and oxygen atoms in total. The third kappa shape index (κ3) is 4.77. The second-order valence-electron chi connectivity index (χ2n) is 4.02. The number of hydrogen-bond donors (Lipinski definition) is 1. The van der Waals surface area contributed by atoms with Gasteiger partial charge in [0.15, 0.2) is 0 Å². The lowest BCUT2D eigenvalue weighted by Crippen LogP contribution is -2.28. The van der Waals surface area contributed by atoms with Crippen molar-refractivity contribution in [3.05, 3.63) is 72.1 Å². The van der Waals surface area contributed by atoms with Gasteiger partial charge in [-0.3, -0.25) is 4.79 Å². The van der Waals surface area contributed by atoms with E-state index in [1.807, 2.05) is 35.1 Å². The number of benzene rings is 2. The third-order valence-electron chi connectivity index (χ3n) is 2.46. The minimum absolute atomic E-state index is 0.0578. The van der Waals surface area contributed by atoms with Crippen molar-refractivity contribution in [1.82, 2.24) is 4.72 Å². The molecule has 2 aromatic rings. The summed E-state index contributed by atoms with van der Waals surface area (Å²) in [6.45, 7) is 0. The summed E-state index contributed by atoms with van der Waals surface area (Å²) < 4.78 is 25.8. The molecule has 6 heteroatoms. The highest BCUT2D eigenvalue weighted by atomic mass is 32.2. The molecule has 0 radical (unpaired) electrons. The van der Waals surface area contributed by atoms with Crippen LogP contribution < -0.4 is 4.72 Å². The molecule has 0 unspecified atom stereocenters. The molecule has 108 valence electrons. The van der Waals surface area contributed by atoms with Crippen molar-refractivity contribution in [2.75, 3.05) is 0 Å². The summed E-state index contributed by atoms with van der Waals surface area (Å²) in [5.74, 6) is -0.678. The Bertz CT molecular complexity index is 726. The molecule has 0 fully saturated rings. The van der Waals surface area contributed by atoms with Gasteiger partial charge in [-0.2, -0.15) is 0 Å². The van der Waals surface area contributed by atoms with Crippen molar-refractivity contribution in [1.29, 1.82) is 0 Å². The van der Waals surface area contributed by atoms with Crippen molar-refractivity contribution in [3.63, 3.8) is 0 Å². The summed E-state index contributed by atoms with van der Waals surface area (Å²) in [7, 11) is -3.81. The molecule has 0 aromatic heterocycles. The van der Waals surface area contributed by atoms with Crippen LogP contribution in [-0.2, 0) is 14.8 Å². The largest absolute Gasteiger partial charge is 0.269 e. The van der Waals surface area contributed by atoms with E-state index >= 15 is 0 Å². The van der Waals surface area contributed by atoms with Crippen LogP contribution in [0.3, 0.4) is 0 Å². The fraction of sp³-hybridized carbons (Fsp3) is 0. The molecule has 0 heterocycles. The van der Waals surface area contributed by atoms with Gasteiger partial charge in [0.05, 0.1) is 4.90 Å². The maximum absolute atomic E-state index is 11.9. The summed E-state index contributed by atoms with van der Waals surface area (Å²) in [5, 5.41) is 1.55. The molecule has 0 atom stereocenters. The van der Waals surface area contributed by atoms with E-state index in [-0.39, 0.29) is 4.90 Å². The smallest absolute Gasteiger partial charge is 0.264 e. The van der Waals surface area contributed by atoms with Crippen molar-refractivity contribution in [3.8, 4) is 0 Å². The first-order valence-electron chi connectivity index (χ1n) is 6.08. The van der Waals surface area contributed by atoms with Gasteiger partial charge in [-0.25, -0.2) is 13.1 Å². The number of nitrogens with one attached hydrogen (secondary N) is 1. The number of carbonyl (C=O) groups excluding carboxylic acids is 1. The molecule has 0 aliphatic carbocycles. The quantitative estimate of drug-likeness (QED) is 0.680. The Hall–Kier alpha value is -2.05. The fourth-order valence-corrected chi connectivity index (χ4v) is 3.13. The summed E-state index contributed by atoms with van der Waals surface area (Å²) >= 11 is 1.33. The Kier molecular flexibility index (Phi) is 5.19. The monoisotopic (exact) mass is 319 g/mol. The van der Waals surface area contributed by atoms with Crippen LogP contribution >= 0.6 is 11.8 Å². The Balaban J connectivity index is 1.96. The Morgan fingerprint density at radius 3 is 2.14 bits per heavy atom. The molecular weight excluding hydrogens is 306 g/mol. The maximum Gasteiger partial charge on any atom is 0.264 e. The van der Waals surface area contributed by atoms with Gasteiger partial charge in [0.2, 0.25) is 0 Å². The van der Waals surface area contributed by atoms with Crippen molar-refractivity contribution in [2.24, 2.45) is 0 Å². The summed E-state index contributed by atoms with van der Waals surface area (Å²) in [6.07, 6.45) is 1.19. The first-order valence-corrected chi connectivity index (χ1v) is 8.44. The lowest BCUT2D eigenvalue weighted by Gasteiger charge is -2.03. The SMILES string of the molecule is O=C(C=CSc1ccccc1)NS(=O)(=O)c1ccccc1.